The topological polar surface area (TPSA) is 191 Å². The molecule has 3 rings (SSSR count). The number of alkyl halides is 2. The van der Waals surface area contributed by atoms with Crippen molar-refractivity contribution in [2.75, 3.05) is 13.1 Å². The van der Waals surface area contributed by atoms with E-state index in [1.165, 1.54) is 4.90 Å². The lowest BCUT2D eigenvalue weighted by Crippen LogP contribution is -2.58. The smallest absolute Gasteiger partial charge is 0.326 e. The Labute approximate surface area is 315 Å². The zero-order valence-electron chi connectivity index (χ0n) is 32.2. The lowest BCUT2D eigenvalue weighted by atomic mass is 9.85. The summed E-state index contributed by atoms with van der Waals surface area (Å²) >= 11 is 10.1. The fraction of sp³-hybridized carbons (Fsp3) is 0.676. The summed E-state index contributed by atoms with van der Waals surface area (Å²) in [6, 6.07) is 6.67. The molecule has 4 amide bonds. The van der Waals surface area contributed by atoms with Gasteiger partial charge in [-0.1, -0.05) is 98.6 Å². The SMILES string of the molecule is CC.CC(C)C.CC(Cl)Cl.C[C@H](OC(=O)CNC(=O)N[C@H](C(=O)N1CCCC1C=O)C(C)(C)C)c1ccccc1.NC(=O)C(=O)C(N)CC1CC1. The van der Waals surface area contributed by atoms with Crippen molar-refractivity contribution < 1.29 is 33.5 Å². The highest BCUT2D eigenvalue weighted by molar-refractivity contribution is 6.43. The second-order valence-corrected chi connectivity index (χ2v) is 15.3. The molecule has 1 heterocycles. The van der Waals surface area contributed by atoms with Gasteiger partial charge in [-0.05, 0) is 55.9 Å². The molecular weight excluding hydrogens is 697 g/mol. The number of rotatable bonds is 11. The van der Waals surface area contributed by atoms with Crippen molar-refractivity contribution in [3.8, 4) is 0 Å². The molecule has 292 valence electrons. The van der Waals surface area contributed by atoms with Gasteiger partial charge in [-0.25, -0.2) is 4.79 Å². The van der Waals surface area contributed by atoms with Crippen molar-refractivity contribution in [2.45, 2.75) is 130 Å². The molecule has 1 aliphatic carbocycles. The molecule has 1 aromatic rings. The molecule has 1 aliphatic heterocycles. The van der Waals surface area contributed by atoms with Gasteiger partial charge in [-0.2, -0.15) is 0 Å². The minimum Gasteiger partial charge on any atom is -0.456 e. The second-order valence-electron chi connectivity index (χ2n) is 13.8. The van der Waals surface area contributed by atoms with Gasteiger partial charge in [-0.15, -0.1) is 23.2 Å². The van der Waals surface area contributed by atoms with Crippen molar-refractivity contribution in [3.63, 3.8) is 0 Å². The summed E-state index contributed by atoms with van der Waals surface area (Å²) in [5.41, 5.74) is 10.4. The van der Waals surface area contributed by atoms with Gasteiger partial charge in [-0.3, -0.25) is 19.2 Å². The summed E-state index contributed by atoms with van der Waals surface area (Å²) in [7, 11) is 0. The Kier molecular flexibility index (Phi) is 26.0. The van der Waals surface area contributed by atoms with Crippen LogP contribution in [0.15, 0.2) is 30.3 Å². The number of ether oxygens (including phenoxy) is 1. The van der Waals surface area contributed by atoms with Crippen LogP contribution in [0.5, 0.6) is 0 Å². The number of halogens is 2. The first-order valence-electron chi connectivity index (χ1n) is 17.6. The number of urea groups is 1. The number of amides is 4. The Balaban J connectivity index is 0. The standard InChI is InChI=1S/C22H31N3O5.C7H12N2O2.C4H10.C2H4Cl2.C2H6/c1-15(16-9-6-5-7-10-16)30-18(27)13-23-21(29)24-19(22(2,3)4)20(28)25-12-8-11-17(25)14-26;8-5(3-4-1-2-4)6(10)7(9)11;1-4(2)3;1-2(3)4;1-2/h5-7,9-10,14-15,17,19H,8,11-13H2,1-4H3,(H2,23,24,29);4-5H,1-3,8H2,(H2,9,11);4H,1-3H3;2H,1H3;1-2H3/t15-,17?,19+;;;;/m0..../s1. The van der Waals surface area contributed by atoms with E-state index < -0.39 is 53.3 Å². The Hall–Kier alpha value is -3.22. The minimum atomic E-state index is -0.918. The Morgan fingerprint density at radius 3 is 1.92 bits per heavy atom. The van der Waals surface area contributed by atoms with Crippen molar-refractivity contribution in [1.82, 2.24) is 15.5 Å². The number of aldehydes is 1. The Morgan fingerprint density at radius 1 is 0.980 bits per heavy atom. The van der Waals surface area contributed by atoms with E-state index in [9.17, 15) is 28.8 Å². The summed E-state index contributed by atoms with van der Waals surface area (Å²) in [4.78, 5) is 71.1. The number of nitrogens with one attached hydrogen (secondary N) is 2. The predicted octanol–water partition coefficient (Wildman–Crippen LogP) is 5.86. The summed E-state index contributed by atoms with van der Waals surface area (Å²) in [6.07, 6.45) is 4.58. The Bertz CT molecular complexity index is 1180. The third kappa shape index (κ3) is 23.8. The minimum absolute atomic E-state index is 0.222. The molecule has 1 saturated carbocycles. The van der Waals surface area contributed by atoms with Gasteiger partial charge < -0.3 is 36.5 Å². The number of hydrogen-bond donors (Lipinski definition) is 4. The number of carbonyl (C=O) groups is 6. The first-order valence-corrected chi connectivity index (χ1v) is 18.5. The van der Waals surface area contributed by atoms with E-state index in [4.69, 9.17) is 39.4 Å². The van der Waals surface area contributed by atoms with Gasteiger partial charge in [0.15, 0.2) is 0 Å². The number of hydrogen-bond acceptors (Lipinski definition) is 8. The van der Waals surface area contributed by atoms with E-state index in [2.05, 4.69) is 31.4 Å². The van der Waals surface area contributed by atoms with Crippen LogP contribution in [0.3, 0.4) is 0 Å². The van der Waals surface area contributed by atoms with E-state index in [1.54, 1.807) is 13.8 Å². The third-order valence-electron chi connectivity index (χ3n) is 6.96. The summed E-state index contributed by atoms with van der Waals surface area (Å²) in [5, 5.41) is 5.10. The molecule has 6 N–H and O–H groups in total. The van der Waals surface area contributed by atoms with Crippen LogP contribution in [0, 0.1) is 17.3 Å². The third-order valence-corrected chi connectivity index (χ3v) is 6.96. The quantitative estimate of drug-likeness (QED) is 0.0933. The van der Waals surface area contributed by atoms with Crippen LogP contribution >= 0.6 is 23.2 Å². The largest absolute Gasteiger partial charge is 0.456 e. The maximum absolute atomic E-state index is 13.0. The van der Waals surface area contributed by atoms with Crippen molar-refractivity contribution in [3.05, 3.63) is 35.9 Å². The maximum atomic E-state index is 13.0. The molecule has 0 aromatic heterocycles. The summed E-state index contributed by atoms with van der Waals surface area (Å²) in [5.74, 6) is -1.06. The van der Waals surface area contributed by atoms with Gasteiger partial charge >= 0.3 is 12.0 Å². The van der Waals surface area contributed by atoms with Gasteiger partial charge in [0.1, 0.15) is 29.8 Å². The van der Waals surface area contributed by atoms with Gasteiger partial charge in [0.05, 0.1) is 12.1 Å². The molecule has 12 nitrogen and oxygen atoms in total. The molecule has 4 atom stereocenters. The molecule has 14 heteroatoms. The lowest BCUT2D eigenvalue weighted by molar-refractivity contribution is -0.147. The van der Waals surface area contributed by atoms with E-state index in [-0.39, 0.29) is 17.3 Å². The fourth-order valence-corrected chi connectivity index (χ4v) is 4.39. The number of likely N-dealkylation sites (tertiary alicyclic amines) is 1. The van der Waals surface area contributed by atoms with E-state index in [0.717, 1.165) is 37.0 Å². The van der Waals surface area contributed by atoms with Crippen LogP contribution < -0.4 is 22.1 Å². The first-order chi connectivity index (χ1) is 23.7. The van der Waals surface area contributed by atoms with Crippen LogP contribution in [0.2, 0.25) is 0 Å². The highest BCUT2D eigenvalue weighted by Crippen LogP contribution is 2.33. The zero-order valence-corrected chi connectivity index (χ0v) is 33.7. The number of Topliss-reactive ketones (excluding diaryl/α,β-unsaturated/α-hetero) is 1. The van der Waals surface area contributed by atoms with Crippen LogP contribution in [-0.2, 0) is 28.7 Å². The van der Waals surface area contributed by atoms with Crippen molar-refractivity contribution in [2.24, 2.45) is 28.7 Å². The summed E-state index contributed by atoms with van der Waals surface area (Å²) in [6.45, 7) is 19.6. The molecule has 0 radical (unpaired) electrons. The van der Waals surface area contributed by atoms with E-state index in [0.29, 0.717) is 25.3 Å². The molecule has 51 heavy (non-hydrogen) atoms. The second kappa shape index (κ2) is 26.5. The average Bonchev–Trinajstić information content (AvgIpc) is 3.73. The number of carbonyl (C=O) groups excluding carboxylic acids is 6. The van der Waals surface area contributed by atoms with E-state index in [1.807, 2.05) is 65.0 Å². The zero-order chi connectivity index (χ0) is 39.9. The van der Waals surface area contributed by atoms with Crippen LogP contribution in [0.1, 0.15) is 113 Å². The molecule has 0 spiro atoms. The van der Waals surface area contributed by atoms with Gasteiger partial charge in [0, 0.05) is 6.54 Å². The van der Waals surface area contributed by atoms with Crippen LogP contribution in [-0.4, -0.2) is 76.8 Å². The number of nitrogens with two attached hydrogens (primary N) is 2. The van der Waals surface area contributed by atoms with E-state index >= 15 is 0 Å². The molecule has 2 fully saturated rings. The molecule has 2 unspecified atom stereocenters. The lowest BCUT2D eigenvalue weighted by Gasteiger charge is -2.34. The molecule has 0 bridgehead atoms. The fourth-order valence-electron chi connectivity index (χ4n) is 4.39. The molecule has 1 saturated heterocycles. The normalized spacial score (nSPS) is 16.5. The van der Waals surface area contributed by atoms with Crippen LogP contribution in [0.4, 0.5) is 4.79 Å². The molecule has 1 aromatic carbocycles. The summed E-state index contributed by atoms with van der Waals surface area (Å²) < 4.78 is 5.32. The number of primary amides is 1. The molecular formula is C37H63Cl2N5O7. The number of nitrogens with zero attached hydrogens (tertiary/aromatic N) is 1. The first kappa shape index (κ1) is 49.9. The average molecular weight is 761 g/mol. The predicted molar refractivity (Wildman–Crippen MR) is 204 cm³/mol. The number of esters is 1. The highest BCUT2D eigenvalue weighted by atomic mass is 35.5. The maximum Gasteiger partial charge on any atom is 0.326 e. The van der Waals surface area contributed by atoms with Crippen molar-refractivity contribution >= 4 is 59.1 Å². The van der Waals surface area contributed by atoms with Crippen LogP contribution in [0.25, 0.3) is 0 Å². The molecule has 2 aliphatic rings. The monoisotopic (exact) mass is 759 g/mol. The Morgan fingerprint density at radius 2 is 1.49 bits per heavy atom. The number of ketones is 1. The van der Waals surface area contributed by atoms with Gasteiger partial charge in [0.25, 0.3) is 5.91 Å². The van der Waals surface area contributed by atoms with Crippen molar-refractivity contribution in [1.29, 1.82) is 0 Å². The highest BCUT2D eigenvalue weighted by Gasteiger charge is 2.39. The number of benzene rings is 1. The van der Waals surface area contributed by atoms with Gasteiger partial charge in [0.2, 0.25) is 11.7 Å².